The van der Waals surface area contributed by atoms with Crippen molar-refractivity contribution < 1.29 is 0 Å². The number of imidazole rings is 1. The monoisotopic (exact) mass is 180 g/mol. The Morgan fingerprint density at radius 2 is 2.50 bits per heavy atom. The maximum atomic E-state index is 4.12. The highest BCUT2D eigenvalue weighted by molar-refractivity contribution is 6.99. The zero-order valence-electron chi connectivity index (χ0n) is 6.64. The molecule has 0 fully saturated rings. The van der Waals surface area contributed by atoms with Crippen LogP contribution in [0.4, 0.5) is 0 Å². The minimum absolute atomic E-state index is 0.766. The fourth-order valence-corrected chi connectivity index (χ4v) is 1.42. The molecule has 0 unspecified atom stereocenters. The number of hydrogen-bond acceptors (Lipinski definition) is 4. The summed E-state index contributed by atoms with van der Waals surface area (Å²) in [5.41, 5.74) is 0.987. The molecule has 2 aromatic heterocycles. The molecule has 2 rings (SSSR count). The van der Waals surface area contributed by atoms with Crippen LogP contribution in [0.1, 0.15) is 11.5 Å². The lowest BCUT2D eigenvalue weighted by atomic mass is 10.4. The van der Waals surface area contributed by atoms with Crippen LogP contribution in [0, 0.1) is 6.92 Å². The Kier molecular flexibility index (Phi) is 1.87. The number of aryl methyl sites for hydroxylation is 1. The predicted octanol–water partition coefficient (Wildman–Crippen LogP) is 1.09. The van der Waals surface area contributed by atoms with Gasteiger partial charge in [-0.25, -0.2) is 4.98 Å². The Bertz CT molecular complexity index is 351. The smallest absolute Gasteiger partial charge is 0.105 e. The van der Waals surface area contributed by atoms with Gasteiger partial charge < -0.3 is 4.57 Å². The van der Waals surface area contributed by atoms with E-state index in [9.17, 15) is 0 Å². The van der Waals surface area contributed by atoms with Crippen LogP contribution in [-0.4, -0.2) is 18.3 Å². The predicted molar refractivity (Wildman–Crippen MR) is 46.0 cm³/mol. The highest BCUT2D eigenvalue weighted by Gasteiger charge is 1.99. The highest BCUT2D eigenvalue weighted by atomic mass is 32.1. The second-order valence-electron chi connectivity index (χ2n) is 2.50. The van der Waals surface area contributed by atoms with Crippen LogP contribution < -0.4 is 0 Å². The quantitative estimate of drug-likeness (QED) is 0.695. The second-order valence-corrected chi connectivity index (χ2v) is 3.06. The fraction of sp³-hybridized carbons (Fsp3) is 0.286. The first-order chi connectivity index (χ1) is 5.86. The van der Waals surface area contributed by atoms with E-state index >= 15 is 0 Å². The van der Waals surface area contributed by atoms with Gasteiger partial charge in [0.2, 0.25) is 0 Å². The summed E-state index contributed by atoms with van der Waals surface area (Å²) in [5, 5.41) is 0. The van der Waals surface area contributed by atoms with E-state index in [1.807, 2.05) is 17.7 Å². The van der Waals surface area contributed by atoms with Crippen molar-refractivity contribution in [3.05, 3.63) is 30.1 Å². The molecule has 2 heterocycles. The minimum atomic E-state index is 0.766. The summed E-state index contributed by atoms with van der Waals surface area (Å²) in [7, 11) is 0. The molecule has 2 aromatic rings. The van der Waals surface area contributed by atoms with Crippen LogP contribution in [0.5, 0.6) is 0 Å². The number of hydrogen-bond donors (Lipinski definition) is 0. The maximum Gasteiger partial charge on any atom is 0.105 e. The second kappa shape index (κ2) is 3.02. The van der Waals surface area contributed by atoms with Gasteiger partial charge >= 0.3 is 0 Å². The SMILES string of the molecule is Cc1nccn1Cc1cnsn1. The zero-order chi connectivity index (χ0) is 8.39. The molecule has 0 bridgehead atoms. The minimum Gasteiger partial charge on any atom is -0.329 e. The third-order valence-corrected chi connectivity index (χ3v) is 2.18. The summed E-state index contributed by atoms with van der Waals surface area (Å²) in [6.07, 6.45) is 5.51. The molecule has 0 saturated carbocycles. The highest BCUT2D eigenvalue weighted by Crippen LogP contribution is 2.01. The Labute approximate surface area is 74.2 Å². The summed E-state index contributed by atoms with van der Waals surface area (Å²) < 4.78 is 10.1. The Hall–Kier alpha value is -1.23. The van der Waals surface area contributed by atoms with Gasteiger partial charge in [-0.05, 0) is 6.92 Å². The fourth-order valence-electron chi connectivity index (χ4n) is 0.999. The molecule has 4 nitrogen and oxygen atoms in total. The van der Waals surface area contributed by atoms with Gasteiger partial charge in [0.1, 0.15) is 5.82 Å². The largest absolute Gasteiger partial charge is 0.329 e. The van der Waals surface area contributed by atoms with E-state index in [2.05, 4.69) is 13.7 Å². The first-order valence-electron chi connectivity index (χ1n) is 3.60. The summed E-state index contributed by atoms with van der Waals surface area (Å²) in [6, 6.07) is 0. The molecular weight excluding hydrogens is 172 g/mol. The molecule has 0 aliphatic rings. The van der Waals surface area contributed by atoms with E-state index < -0.39 is 0 Å². The molecule has 0 spiro atoms. The van der Waals surface area contributed by atoms with Crippen LogP contribution in [-0.2, 0) is 6.54 Å². The van der Waals surface area contributed by atoms with Crippen molar-refractivity contribution in [2.24, 2.45) is 0 Å². The molecule has 5 heteroatoms. The van der Waals surface area contributed by atoms with Gasteiger partial charge in [-0.2, -0.15) is 8.75 Å². The van der Waals surface area contributed by atoms with E-state index in [4.69, 9.17) is 0 Å². The van der Waals surface area contributed by atoms with Crippen molar-refractivity contribution in [1.82, 2.24) is 18.3 Å². The average molecular weight is 180 g/mol. The van der Waals surface area contributed by atoms with E-state index in [0.29, 0.717) is 0 Å². The Morgan fingerprint density at radius 1 is 1.58 bits per heavy atom. The standard InChI is InChI=1S/C7H8N4S/c1-6-8-2-3-11(6)5-7-4-9-12-10-7/h2-4H,5H2,1H3. The molecule has 0 N–H and O–H groups in total. The topological polar surface area (TPSA) is 43.6 Å². The Balaban J connectivity index is 2.20. The van der Waals surface area contributed by atoms with Gasteiger partial charge in [-0.15, -0.1) is 0 Å². The Morgan fingerprint density at radius 3 is 3.08 bits per heavy atom. The van der Waals surface area contributed by atoms with Crippen LogP contribution >= 0.6 is 11.7 Å². The summed E-state index contributed by atoms with van der Waals surface area (Å²) in [4.78, 5) is 4.12. The molecule has 0 aliphatic carbocycles. The van der Waals surface area contributed by atoms with E-state index in [0.717, 1.165) is 18.1 Å². The van der Waals surface area contributed by atoms with E-state index in [1.165, 1.54) is 11.7 Å². The molecule has 0 atom stereocenters. The maximum absolute atomic E-state index is 4.12. The van der Waals surface area contributed by atoms with Crippen LogP contribution in [0.2, 0.25) is 0 Å². The van der Waals surface area contributed by atoms with Crippen molar-refractivity contribution in [1.29, 1.82) is 0 Å². The molecule has 0 radical (unpaired) electrons. The van der Waals surface area contributed by atoms with Crippen molar-refractivity contribution in [2.45, 2.75) is 13.5 Å². The van der Waals surface area contributed by atoms with Gasteiger partial charge in [0.15, 0.2) is 0 Å². The first-order valence-corrected chi connectivity index (χ1v) is 4.33. The summed E-state index contributed by atoms with van der Waals surface area (Å²) >= 11 is 1.23. The lowest BCUT2D eigenvalue weighted by molar-refractivity contribution is 0.748. The summed E-state index contributed by atoms with van der Waals surface area (Å²) in [5.74, 6) is 1.00. The van der Waals surface area contributed by atoms with Crippen molar-refractivity contribution in [3.8, 4) is 0 Å². The van der Waals surface area contributed by atoms with Gasteiger partial charge in [0, 0.05) is 12.4 Å². The molecule has 0 amide bonds. The van der Waals surface area contributed by atoms with Gasteiger partial charge in [0.25, 0.3) is 0 Å². The molecule has 62 valence electrons. The normalized spacial score (nSPS) is 10.4. The molecular formula is C7H8N4S. The molecule has 0 aromatic carbocycles. The molecule has 12 heavy (non-hydrogen) atoms. The molecule has 0 saturated heterocycles. The van der Waals surface area contributed by atoms with Gasteiger partial charge in [0.05, 0.1) is 30.2 Å². The lowest BCUT2D eigenvalue weighted by Gasteiger charge is -1.99. The van der Waals surface area contributed by atoms with Crippen molar-refractivity contribution in [3.63, 3.8) is 0 Å². The molecule has 0 aliphatic heterocycles. The van der Waals surface area contributed by atoms with Gasteiger partial charge in [-0.3, -0.25) is 0 Å². The van der Waals surface area contributed by atoms with E-state index in [1.54, 1.807) is 12.4 Å². The van der Waals surface area contributed by atoms with E-state index in [-0.39, 0.29) is 0 Å². The third kappa shape index (κ3) is 1.35. The number of aromatic nitrogens is 4. The van der Waals surface area contributed by atoms with Crippen LogP contribution in [0.15, 0.2) is 18.6 Å². The number of rotatable bonds is 2. The van der Waals surface area contributed by atoms with Crippen LogP contribution in [0.25, 0.3) is 0 Å². The lowest BCUT2D eigenvalue weighted by Crippen LogP contribution is -2.00. The third-order valence-electron chi connectivity index (χ3n) is 1.66. The first kappa shape index (κ1) is 7.42. The van der Waals surface area contributed by atoms with Gasteiger partial charge in [-0.1, -0.05) is 0 Å². The van der Waals surface area contributed by atoms with Crippen molar-refractivity contribution in [2.75, 3.05) is 0 Å². The van der Waals surface area contributed by atoms with Crippen LogP contribution in [0.3, 0.4) is 0 Å². The average Bonchev–Trinajstić information content (AvgIpc) is 2.65. The number of nitrogens with zero attached hydrogens (tertiary/aromatic N) is 4. The summed E-state index contributed by atoms with van der Waals surface area (Å²) in [6.45, 7) is 2.74. The zero-order valence-corrected chi connectivity index (χ0v) is 7.45. The van der Waals surface area contributed by atoms with Crippen molar-refractivity contribution >= 4 is 11.7 Å².